The van der Waals surface area contributed by atoms with Crippen molar-refractivity contribution in [3.8, 4) is 0 Å². The number of thiocarbonyl (C=S) groups is 1. The van der Waals surface area contributed by atoms with Gasteiger partial charge in [0.2, 0.25) is 5.91 Å². The minimum absolute atomic E-state index is 0.0235. The molecule has 0 aliphatic rings. The van der Waals surface area contributed by atoms with E-state index in [0.717, 1.165) is 0 Å². The van der Waals surface area contributed by atoms with Crippen molar-refractivity contribution in [2.45, 2.75) is 20.4 Å². The standard InChI is InChI=1S/C12H14ClFN2OS/c1-12(2,10(15)18)11(17)16-6-7-3-4-9(14)8(13)5-7/h3-5H,6H2,1-2H3,(H2,15,18)(H,16,17). The second-order valence-electron chi connectivity index (χ2n) is 4.42. The van der Waals surface area contributed by atoms with Crippen LogP contribution in [-0.4, -0.2) is 10.9 Å². The highest BCUT2D eigenvalue weighted by Crippen LogP contribution is 2.18. The first-order valence-corrected chi connectivity index (χ1v) is 6.06. The Labute approximate surface area is 115 Å². The summed E-state index contributed by atoms with van der Waals surface area (Å²) in [5, 5.41) is 2.70. The largest absolute Gasteiger partial charge is 0.392 e. The van der Waals surface area contributed by atoms with Crippen LogP contribution in [0.25, 0.3) is 0 Å². The Kier molecular flexibility index (Phi) is 4.65. The van der Waals surface area contributed by atoms with Gasteiger partial charge >= 0.3 is 0 Å². The van der Waals surface area contributed by atoms with Crippen LogP contribution in [0.5, 0.6) is 0 Å². The Bertz CT molecular complexity index is 491. The molecule has 0 saturated heterocycles. The summed E-state index contributed by atoms with van der Waals surface area (Å²) in [7, 11) is 0. The van der Waals surface area contributed by atoms with E-state index < -0.39 is 11.2 Å². The van der Waals surface area contributed by atoms with Crippen LogP contribution in [-0.2, 0) is 11.3 Å². The van der Waals surface area contributed by atoms with Crippen LogP contribution in [0.2, 0.25) is 5.02 Å². The summed E-state index contributed by atoms with van der Waals surface area (Å²) in [6, 6.07) is 4.27. The number of carbonyl (C=O) groups excluding carboxylic acids is 1. The number of halogens is 2. The average Bonchev–Trinajstić information content (AvgIpc) is 2.30. The number of amides is 1. The van der Waals surface area contributed by atoms with Crippen LogP contribution in [0.15, 0.2) is 18.2 Å². The highest BCUT2D eigenvalue weighted by molar-refractivity contribution is 7.80. The number of benzene rings is 1. The van der Waals surface area contributed by atoms with Gasteiger partial charge in [0.05, 0.1) is 15.4 Å². The molecule has 0 unspecified atom stereocenters. The zero-order valence-corrected chi connectivity index (χ0v) is 11.7. The lowest BCUT2D eigenvalue weighted by Gasteiger charge is -2.21. The summed E-state index contributed by atoms with van der Waals surface area (Å²) in [4.78, 5) is 12.0. The van der Waals surface area contributed by atoms with Gasteiger partial charge in [-0.15, -0.1) is 0 Å². The van der Waals surface area contributed by atoms with Crippen molar-refractivity contribution in [3.63, 3.8) is 0 Å². The Morgan fingerprint density at radius 2 is 2.17 bits per heavy atom. The van der Waals surface area contributed by atoms with Gasteiger partial charge < -0.3 is 11.1 Å². The first kappa shape index (κ1) is 14.9. The molecule has 18 heavy (non-hydrogen) atoms. The molecule has 0 radical (unpaired) electrons. The molecule has 1 amide bonds. The maximum Gasteiger partial charge on any atom is 0.232 e. The summed E-state index contributed by atoms with van der Waals surface area (Å²) in [6.45, 7) is 3.52. The zero-order valence-electron chi connectivity index (χ0n) is 10.1. The molecule has 3 nitrogen and oxygen atoms in total. The summed E-state index contributed by atoms with van der Waals surface area (Å²) < 4.78 is 12.9. The third-order valence-electron chi connectivity index (χ3n) is 2.62. The molecule has 98 valence electrons. The summed E-state index contributed by atoms with van der Waals surface area (Å²) in [5.74, 6) is -0.773. The second kappa shape index (κ2) is 5.63. The lowest BCUT2D eigenvalue weighted by molar-refractivity contribution is -0.126. The molecule has 0 aliphatic carbocycles. The lowest BCUT2D eigenvalue weighted by atomic mass is 9.92. The fraction of sp³-hybridized carbons (Fsp3) is 0.333. The number of nitrogens with one attached hydrogen (secondary N) is 1. The van der Waals surface area contributed by atoms with Gasteiger partial charge in [-0.05, 0) is 31.5 Å². The topological polar surface area (TPSA) is 55.1 Å². The Hall–Kier alpha value is -1.20. The summed E-state index contributed by atoms with van der Waals surface area (Å²) >= 11 is 10.5. The summed E-state index contributed by atoms with van der Waals surface area (Å²) in [6.07, 6.45) is 0. The van der Waals surface area contributed by atoms with Gasteiger partial charge in [-0.1, -0.05) is 29.9 Å². The first-order chi connectivity index (χ1) is 8.25. The maximum absolute atomic E-state index is 12.9. The number of rotatable bonds is 4. The predicted molar refractivity (Wildman–Crippen MR) is 73.8 cm³/mol. The van der Waals surface area contributed by atoms with Crippen molar-refractivity contribution in [2.75, 3.05) is 0 Å². The highest BCUT2D eigenvalue weighted by atomic mass is 35.5. The van der Waals surface area contributed by atoms with Gasteiger partial charge in [-0.25, -0.2) is 4.39 Å². The van der Waals surface area contributed by atoms with E-state index in [9.17, 15) is 9.18 Å². The van der Waals surface area contributed by atoms with Crippen molar-refractivity contribution in [1.29, 1.82) is 0 Å². The number of nitrogens with two attached hydrogens (primary N) is 1. The van der Waals surface area contributed by atoms with E-state index in [1.54, 1.807) is 19.9 Å². The third kappa shape index (κ3) is 3.40. The number of hydrogen-bond acceptors (Lipinski definition) is 2. The van der Waals surface area contributed by atoms with E-state index in [2.05, 4.69) is 5.32 Å². The van der Waals surface area contributed by atoms with Gasteiger partial charge in [-0.2, -0.15) is 0 Å². The normalized spacial score (nSPS) is 11.1. The van der Waals surface area contributed by atoms with Crippen LogP contribution >= 0.6 is 23.8 Å². The molecule has 0 heterocycles. The molecular weight excluding hydrogens is 275 g/mol. The Balaban J connectivity index is 2.68. The molecule has 0 aliphatic heterocycles. The van der Waals surface area contributed by atoms with Crippen molar-refractivity contribution < 1.29 is 9.18 Å². The van der Waals surface area contributed by atoms with Gasteiger partial charge in [-0.3, -0.25) is 4.79 Å². The quantitative estimate of drug-likeness (QED) is 0.837. The van der Waals surface area contributed by atoms with Gasteiger partial charge in [0.25, 0.3) is 0 Å². The van der Waals surface area contributed by atoms with E-state index >= 15 is 0 Å². The molecule has 6 heteroatoms. The molecule has 3 N–H and O–H groups in total. The van der Waals surface area contributed by atoms with Crippen LogP contribution < -0.4 is 11.1 Å². The predicted octanol–water partition coefficient (Wildman–Crippen LogP) is 2.41. The van der Waals surface area contributed by atoms with E-state index in [4.69, 9.17) is 29.6 Å². The molecule has 0 aromatic heterocycles. The number of hydrogen-bond donors (Lipinski definition) is 2. The number of carbonyl (C=O) groups is 1. The molecule has 1 aromatic rings. The van der Waals surface area contributed by atoms with Crippen molar-refractivity contribution in [2.24, 2.45) is 11.1 Å². The molecule has 1 aromatic carbocycles. The minimum Gasteiger partial charge on any atom is -0.392 e. The first-order valence-electron chi connectivity index (χ1n) is 5.27. The van der Waals surface area contributed by atoms with Crippen LogP contribution in [0.4, 0.5) is 4.39 Å². The fourth-order valence-corrected chi connectivity index (χ4v) is 1.46. The third-order valence-corrected chi connectivity index (χ3v) is 3.42. The minimum atomic E-state index is -0.918. The van der Waals surface area contributed by atoms with E-state index in [-0.39, 0.29) is 22.5 Å². The fourth-order valence-electron chi connectivity index (χ4n) is 1.16. The smallest absolute Gasteiger partial charge is 0.232 e. The molecular formula is C12H14ClFN2OS. The monoisotopic (exact) mass is 288 g/mol. The van der Waals surface area contributed by atoms with Gasteiger partial charge in [0.1, 0.15) is 5.82 Å². The van der Waals surface area contributed by atoms with Gasteiger partial charge in [0, 0.05) is 6.54 Å². The molecule has 0 spiro atoms. The molecule has 0 bridgehead atoms. The van der Waals surface area contributed by atoms with Crippen molar-refractivity contribution in [3.05, 3.63) is 34.6 Å². The zero-order chi connectivity index (χ0) is 13.9. The van der Waals surface area contributed by atoms with E-state index in [1.807, 2.05) is 0 Å². The molecule has 0 saturated carbocycles. The van der Waals surface area contributed by atoms with Crippen LogP contribution in [0, 0.1) is 11.2 Å². The van der Waals surface area contributed by atoms with Crippen LogP contribution in [0.1, 0.15) is 19.4 Å². The van der Waals surface area contributed by atoms with E-state index in [0.29, 0.717) is 5.56 Å². The molecule has 0 atom stereocenters. The van der Waals surface area contributed by atoms with E-state index in [1.165, 1.54) is 12.1 Å². The van der Waals surface area contributed by atoms with Crippen molar-refractivity contribution >= 4 is 34.7 Å². The average molecular weight is 289 g/mol. The van der Waals surface area contributed by atoms with Crippen molar-refractivity contribution in [1.82, 2.24) is 5.32 Å². The van der Waals surface area contributed by atoms with Crippen LogP contribution in [0.3, 0.4) is 0 Å². The Morgan fingerprint density at radius 1 is 1.56 bits per heavy atom. The lowest BCUT2D eigenvalue weighted by Crippen LogP contribution is -2.44. The maximum atomic E-state index is 12.9. The summed E-state index contributed by atoms with van der Waals surface area (Å²) in [5.41, 5.74) is 5.27. The molecule has 0 fully saturated rings. The van der Waals surface area contributed by atoms with Gasteiger partial charge in [0.15, 0.2) is 0 Å². The molecule has 1 rings (SSSR count). The second-order valence-corrected chi connectivity index (χ2v) is 5.27. The SMILES string of the molecule is CC(C)(C(=O)NCc1ccc(F)c(Cl)c1)C(N)=S. The highest BCUT2D eigenvalue weighted by Gasteiger charge is 2.30. The Morgan fingerprint density at radius 3 is 2.67 bits per heavy atom.